The number of rotatable bonds is 4. The zero-order chi connectivity index (χ0) is 12.1. The number of aliphatic hydroxyl groups is 2. The van der Waals surface area contributed by atoms with Gasteiger partial charge in [0.1, 0.15) is 11.9 Å². The van der Waals surface area contributed by atoms with Crippen molar-refractivity contribution in [3.8, 4) is 6.07 Å². The number of halogens is 2. The molecule has 0 saturated heterocycles. The van der Waals surface area contributed by atoms with Crippen LogP contribution in [0.2, 0.25) is 0 Å². The Balaban J connectivity index is 2.95. The van der Waals surface area contributed by atoms with Crippen molar-refractivity contribution in [1.29, 1.82) is 5.26 Å². The molecule has 0 aliphatic heterocycles. The molecule has 1 rings (SSSR count). The molecule has 2 N–H and O–H groups in total. The van der Waals surface area contributed by atoms with E-state index in [-0.39, 0.29) is 17.9 Å². The molecule has 0 aliphatic carbocycles. The molecule has 1 aromatic rings. The number of nitrogens with zero attached hydrogens (tertiary/aromatic N) is 1. The van der Waals surface area contributed by atoms with Crippen LogP contribution in [0.1, 0.15) is 17.2 Å². The van der Waals surface area contributed by atoms with Crippen LogP contribution in [-0.4, -0.2) is 22.2 Å². The summed E-state index contributed by atoms with van der Waals surface area (Å²) in [6, 6.07) is 5.95. The van der Waals surface area contributed by atoms with E-state index < -0.39 is 18.0 Å². The molecule has 2 atom stereocenters. The topological polar surface area (TPSA) is 64.2 Å². The van der Waals surface area contributed by atoms with Crippen LogP contribution in [0, 0.1) is 17.1 Å². The number of hydrogen-bond donors (Lipinski definition) is 2. The van der Waals surface area contributed by atoms with Crippen LogP contribution in [0.25, 0.3) is 0 Å². The highest BCUT2D eigenvalue weighted by Crippen LogP contribution is 2.22. The van der Waals surface area contributed by atoms with Crippen LogP contribution in [0.15, 0.2) is 18.2 Å². The molecule has 1 aromatic carbocycles. The fourth-order valence-electron chi connectivity index (χ4n) is 1.30. The average molecular weight is 244 g/mol. The van der Waals surface area contributed by atoms with E-state index in [9.17, 15) is 14.6 Å². The smallest absolute Gasteiger partial charge is 0.129 e. The minimum atomic E-state index is -1.35. The lowest BCUT2D eigenvalue weighted by Crippen LogP contribution is -2.20. The quantitative estimate of drug-likeness (QED) is 0.789. The largest absolute Gasteiger partial charge is 0.389 e. The van der Waals surface area contributed by atoms with Gasteiger partial charge in [-0.25, -0.2) is 4.39 Å². The second kappa shape index (κ2) is 5.80. The lowest BCUT2D eigenvalue weighted by atomic mass is 10.0. The molecule has 86 valence electrons. The van der Waals surface area contributed by atoms with Crippen LogP contribution < -0.4 is 0 Å². The highest BCUT2D eigenvalue weighted by Gasteiger charge is 2.20. The Morgan fingerprint density at radius 2 is 2.12 bits per heavy atom. The first-order valence-electron chi connectivity index (χ1n) is 4.67. The van der Waals surface area contributed by atoms with Crippen LogP contribution in [0.5, 0.6) is 0 Å². The summed E-state index contributed by atoms with van der Waals surface area (Å²) in [6.45, 7) is 0. The van der Waals surface area contributed by atoms with E-state index in [1.807, 2.05) is 6.07 Å². The number of alkyl halides is 1. The van der Waals surface area contributed by atoms with Gasteiger partial charge in [0, 0.05) is 5.56 Å². The molecule has 0 radical (unpaired) electrons. The summed E-state index contributed by atoms with van der Waals surface area (Å²) in [6.07, 6.45) is -2.46. The molecule has 0 amide bonds. The first-order chi connectivity index (χ1) is 7.60. The van der Waals surface area contributed by atoms with Crippen molar-refractivity contribution in [2.45, 2.75) is 18.6 Å². The SMILES string of the molecule is N#CCc1ccc(C(O)C(O)CCl)c(F)c1. The molecule has 2 unspecified atom stereocenters. The molecule has 0 spiro atoms. The fourth-order valence-corrected chi connectivity index (χ4v) is 1.47. The predicted octanol–water partition coefficient (Wildman–Crippen LogP) is 1.52. The second-order valence-corrected chi connectivity index (χ2v) is 3.67. The lowest BCUT2D eigenvalue weighted by molar-refractivity contribution is 0.0304. The van der Waals surface area contributed by atoms with E-state index in [1.165, 1.54) is 18.2 Å². The molecule has 0 bridgehead atoms. The van der Waals surface area contributed by atoms with Gasteiger partial charge in [-0.05, 0) is 11.6 Å². The molecular weight excluding hydrogens is 233 g/mol. The summed E-state index contributed by atoms with van der Waals surface area (Å²) in [4.78, 5) is 0. The monoisotopic (exact) mass is 243 g/mol. The standard InChI is InChI=1S/C11H11ClFNO2/c12-6-10(15)11(16)8-2-1-7(3-4-14)5-9(8)13/h1-2,5,10-11,15-16H,3,6H2. The van der Waals surface area contributed by atoms with Gasteiger partial charge in [0.2, 0.25) is 0 Å². The number of aliphatic hydroxyl groups excluding tert-OH is 2. The Labute approximate surface area is 97.7 Å². The van der Waals surface area contributed by atoms with E-state index >= 15 is 0 Å². The zero-order valence-corrected chi connectivity index (χ0v) is 9.15. The number of hydrogen-bond acceptors (Lipinski definition) is 3. The predicted molar refractivity (Wildman–Crippen MR) is 57.4 cm³/mol. The van der Waals surface area contributed by atoms with Gasteiger partial charge < -0.3 is 10.2 Å². The summed E-state index contributed by atoms with van der Waals surface area (Å²) in [5.41, 5.74) is 0.506. The lowest BCUT2D eigenvalue weighted by Gasteiger charge is -2.16. The van der Waals surface area contributed by atoms with Crippen LogP contribution >= 0.6 is 11.6 Å². The molecule has 3 nitrogen and oxygen atoms in total. The van der Waals surface area contributed by atoms with E-state index in [4.69, 9.17) is 16.9 Å². The van der Waals surface area contributed by atoms with Gasteiger partial charge in [0.15, 0.2) is 0 Å². The maximum Gasteiger partial charge on any atom is 0.129 e. The molecule has 0 heterocycles. The number of benzene rings is 1. The Kier molecular flexibility index (Phi) is 4.69. The maximum atomic E-state index is 13.5. The fraction of sp³-hybridized carbons (Fsp3) is 0.364. The molecule has 16 heavy (non-hydrogen) atoms. The summed E-state index contributed by atoms with van der Waals surface area (Å²) in [5.74, 6) is -0.829. The van der Waals surface area contributed by atoms with Crippen molar-refractivity contribution in [2.75, 3.05) is 5.88 Å². The minimum absolute atomic E-state index is 0.0187. The van der Waals surface area contributed by atoms with Gasteiger partial charge in [-0.15, -0.1) is 11.6 Å². The zero-order valence-electron chi connectivity index (χ0n) is 8.40. The third-order valence-electron chi connectivity index (χ3n) is 2.19. The number of nitriles is 1. The highest BCUT2D eigenvalue weighted by atomic mass is 35.5. The first kappa shape index (κ1) is 12.9. The summed E-state index contributed by atoms with van der Waals surface area (Å²) in [7, 11) is 0. The van der Waals surface area contributed by atoms with Gasteiger partial charge in [0.05, 0.1) is 24.5 Å². The van der Waals surface area contributed by atoms with Crippen molar-refractivity contribution in [2.24, 2.45) is 0 Å². The van der Waals surface area contributed by atoms with Gasteiger partial charge in [-0.3, -0.25) is 0 Å². The van der Waals surface area contributed by atoms with Crippen molar-refractivity contribution in [1.82, 2.24) is 0 Å². The molecule has 0 saturated carbocycles. The molecule has 0 aliphatic rings. The molecule has 0 fully saturated rings. The Hall–Kier alpha value is -1.15. The Morgan fingerprint density at radius 1 is 1.44 bits per heavy atom. The molecular formula is C11H11ClFNO2. The van der Waals surface area contributed by atoms with Gasteiger partial charge >= 0.3 is 0 Å². The van der Waals surface area contributed by atoms with Crippen molar-refractivity contribution in [3.05, 3.63) is 35.1 Å². The van der Waals surface area contributed by atoms with Gasteiger partial charge in [0.25, 0.3) is 0 Å². The average Bonchev–Trinajstić information content (AvgIpc) is 2.28. The first-order valence-corrected chi connectivity index (χ1v) is 5.21. The van der Waals surface area contributed by atoms with Crippen LogP contribution in [0.3, 0.4) is 0 Å². The van der Waals surface area contributed by atoms with E-state index in [0.29, 0.717) is 5.56 Å². The van der Waals surface area contributed by atoms with Crippen LogP contribution in [-0.2, 0) is 6.42 Å². The van der Waals surface area contributed by atoms with Gasteiger partial charge in [-0.1, -0.05) is 12.1 Å². The molecule has 0 aromatic heterocycles. The van der Waals surface area contributed by atoms with E-state index in [2.05, 4.69) is 0 Å². The summed E-state index contributed by atoms with van der Waals surface area (Å²) < 4.78 is 13.5. The summed E-state index contributed by atoms with van der Waals surface area (Å²) >= 11 is 5.35. The van der Waals surface area contributed by atoms with Crippen molar-refractivity contribution < 1.29 is 14.6 Å². The normalized spacial score (nSPS) is 14.2. The van der Waals surface area contributed by atoms with Crippen molar-refractivity contribution >= 4 is 11.6 Å². The molecule has 5 heteroatoms. The van der Waals surface area contributed by atoms with E-state index in [0.717, 1.165) is 0 Å². The highest BCUT2D eigenvalue weighted by molar-refractivity contribution is 6.18. The maximum absolute atomic E-state index is 13.5. The van der Waals surface area contributed by atoms with Gasteiger partial charge in [-0.2, -0.15) is 5.26 Å². The third-order valence-corrected chi connectivity index (χ3v) is 2.51. The van der Waals surface area contributed by atoms with Crippen molar-refractivity contribution in [3.63, 3.8) is 0 Å². The minimum Gasteiger partial charge on any atom is -0.389 e. The Morgan fingerprint density at radius 3 is 2.62 bits per heavy atom. The summed E-state index contributed by atoms with van der Waals surface area (Å²) in [5, 5.41) is 27.3. The third kappa shape index (κ3) is 2.92. The van der Waals surface area contributed by atoms with Crippen LogP contribution in [0.4, 0.5) is 4.39 Å². The second-order valence-electron chi connectivity index (χ2n) is 3.36. The Bertz CT molecular complexity index is 405. The van der Waals surface area contributed by atoms with E-state index in [1.54, 1.807) is 0 Å².